The first-order valence-corrected chi connectivity index (χ1v) is 7.63. The smallest absolute Gasteiger partial charge is 0.175 e. The van der Waals surface area contributed by atoms with E-state index in [1.807, 2.05) is 69.6 Å². The SMILES string of the molecule is CC1=NN(c2ccccc2)C(O)C1=Cc1ccc(N(C)C)cc1. The van der Waals surface area contributed by atoms with Gasteiger partial charge in [-0.2, -0.15) is 5.10 Å². The van der Waals surface area contributed by atoms with Gasteiger partial charge in [0, 0.05) is 25.4 Å². The molecule has 118 valence electrons. The Morgan fingerprint density at radius 2 is 1.70 bits per heavy atom. The van der Waals surface area contributed by atoms with E-state index in [2.05, 4.69) is 22.1 Å². The summed E-state index contributed by atoms with van der Waals surface area (Å²) in [6.07, 6.45) is 1.23. The van der Waals surface area contributed by atoms with Gasteiger partial charge < -0.3 is 10.0 Å². The Morgan fingerprint density at radius 1 is 1.04 bits per heavy atom. The number of hydrazone groups is 1. The fourth-order valence-corrected chi connectivity index (χ4v) is 2.60. The molecule has 0 aliphatic carbocycles. The van der Waals surface area contributed by atoms with Crippen LogP contribution in [0.5, 0.6) is 0 Å². The van der Waals surface area contributed by atoms with Crippen LogP contribution in [0.1, 0.15) is 12.5 Å². The number of nitrogens with zero attached hydrogens (tertiary/aromatic N) is 3. The Labute approximate surface area is 137 Å². The first-order valence-electron chi connectivity index (χ1n) is 7.63. The van der Waals surface area contributed by atoms with Crippen LogP contribution in [-0.4, -0.2) is 31.1 Å². The van der Waals surface area contributed by atoms with E-state index in [1.165, 1.54) is 0 Å². The molecular weight excluding hydrogens is 286 g/mol. The van der Waals surface area contributed by atoms with Gasteiger partial charge in [0.1, 0.15) is 0 Å². The molecule has 0 spiro atoms. The highest BCUT2D eigenvalue weighted by Gasteiger charge is 2.28. The van der Waals surface area contributed by atoms with Crippen molar-refractivity contribution in [2.45, 2.75) is 13.2 Å². The van der Waals surface area contributed by atoms with Gasteiger partial charge in [-0.05, 0) is 42.8 Å². The van der Waals surface area contributed by atoms with Crippen molar-refractivity contribution in [2.75, 3.05) is 24.0 Å². The molecule has 0 saturated carbocycles. The Kier molecular flexibility index (Phi) is 4.17. The van der Waals surface area contributed by atoms with Crippen LogP contribution in [0.25, 0.3) is 6.08 Å². The van der Waals surface area contributed by atoms with Crippen LogP contribution in [0.15, 0.2) is 65.3 Å². The van der Waals surface area contributed by atoms with Crippen molar-refractivity contribution in [1.29, 1.82) is 0 Å². The topological polar surface area (TPSA) is 39.1 Å². The van der Waals surface area contributed by atoms with Crippen LogP contribution < -0.4 is 9.91 Å². The molecular formula is C19H21N3O. The number of hydrogen-bond acceptors (Lipinski definition) is 4. The summed E-state index contributed by atoms with van der Waals surface area (Å²) in [6, 6.07) is 17.9. The minimum atomic E-state index is -0.758. The summed E-state index contributed by atoms with van der Waals surface area (Å²) >= 11 is 0. The third-order valence-corrected chi connectivity index (χ3v) is 3.94. The fraction of sp³-hybridized carbons (Fsp3) is 0.211. The van der Waals surface area contributed by atoms with Crippen molar-refractivity contribution in [3.8, 4) is 0 Å². The molecule has 2 aromatic rings. The van der Waals surface area contributed by atoms with E-state index < -0.39 is 6.23 Å². The first kappa shape index (κ1) is 15.3. The second kappa shape index (κ2) is 6.26. The van der Waals surface area contributed by atoms with E-state index in [0.717, 1.165) is 28.2 Å². The number of hydrogen-bond donors (Lipinski definition) is 1. The lowest BCUT2D eigenvalue weighted by Gasteiger charge is -2.19. The van der Waals surface area contributed by atoms with Gasteiger partial charge in [0.25, 0.3) is 0 Å². The molecule has 0 fully saturated rings. The molecule has 0 bridgehead atoms. The van der Waals surface area contributed by atoms with Crippen LogP contribution in [-0.2, 0) is 0 Å². The van der Waals surface area contributed by atoms with Crippen LogP contribution in [0.3, 0.4) is 0 Å². The molecule has 4 nitrogen and oxygen atoms in total. The Morgan fingerprint density at radius 3 is 2.30 bits per heavy atom. The molecule has 0 aromatic heterocycles. The maximum absolute atomic E-state index is 10.6. The minimum absolute atomic E-state index is 0.758. The molecule has 3 rings (SSSR count). The van der Waals surface area contributed by atoms with E-state index in [9.17, 15) is 5.11 Å². The van der Waals surface area contributed by atoms with Crippen molar-refractivity contribution in [1.82, 2.24) is 0 Å². The Hall–Kier alpha value is -2.59. The summed E-state index contributed by atoms with van der Waals surface area (Å²) in [4.78, 5) is 2.06. The van der Waals surface area contributed by atoms with Gasteiger partial charge in [-0.1, -0.05) is 30.3 Å². The average molecular weight is 307 g/mol. The van der Waals surface area contributed by atoms with Crippen LogP contribution in [0.4, 0.5) is 11.4 Å². The molecule has 1 unspecified atom stereocenters. The lowest BCUT2D eigenvalue weighted by Crippen LogP contribution is -2.27. The molecule has 0 saturated heterocycles. The molecule has 0 amide bonds. The van der Waals surface area contributed by atoms with Crippen LogP contribution in [0, 0.1) is 0 Å². The highest BCUT2D eigenvalue weighted by Crippen LogP contribution is 2.28. The Balaban J connectivity index is 1.87. The molecule has 1 atom stereocenters. The van der Waals surface area contributed by atoms with Gasteiger partial charge in [0.05, 0.1) is 11.4 Å². The zero-order valence-electron chi connectivity index (χ0n) is 13.6. The van der Waals surface area contributed by atoms with Crippen molar-refractivity contribution >= 4 is 23.2 Å². The summed E-state index contributed by atoms with van der Waals surface area (Å²) < 4.78 is 0. The van der Waals surface area contributed by atoms with E-state index in [0.29, 0.717) is 0 Å². The number of para-hydroxylation sites is 1. The summed E-state index contributed by atoms with van der Waals surface area (Å²) in [7, 11) is 4.03. The minimum Gasteiger partial charge on any atom is -0.378 e. The summed E-state index contributed by atoms with van der Waals surface area (Å²) in [5.41, 5.74) is 4.74. The third kappa shape index (κ3) is 3.12. The zero-order valence-corrected chi connectivity index (χ0v) is 13.6. The molecule has 1 N–H and O–H groups in total. The maximum atomic E-state index is 10.6. The third-order valence-electron chi connectivity index (χ3n) is 3.94. The van der Waals surface area contributed by atoms with Crippen molar-refractivity contribution in [2.24, 2.45) is 5.10 Å². The lowest BCUT2D eigenvalue weighted by atomic mass is 10.1. The van der Waals surface area contributed by atoms with Crippen LogP contribution in [0.2, 0.25) is 0 Å². The predicted molar refractivity (Wildman–Crippen MR) is 96.8 cm³/mol. The van der Waals surface area contributed by atoms with Gasteiger partial charge in [-0.3, -0.25) is 0 Å². The largest absolute Gasteiger partial charge is 0.378 e. The van der Waals surface area contributed by atoms with Crippen molar-refractivity contribution < 1.29 is 5.11 Å². The normalized spacial score (nSPS) is 19.1. The van der Waals surface area contributed by atoms with E-state index in [4.69, 9.17) is 0 Å². The molecule has 1 aliphatic rings. The van der Waals surface area contributed by atoms with E-state index in [-0.39, 0.29) is 0 Å². The van der Waals surface area contributed by atoms with Gasteiger partial charge in [-0.25, -0.2) is 5.01 Å². The highest BCUT2D eigenvalue weighted by molar-refractivity contribution is 6.06. The van der Waals surface area contributed by atoms with E-state index in [1.54, 1.807) is 5.01 Å². The van der Waals surface area contributed by atoms with Gasteiger partial charge >= 0.3 is 0 Å². The van der Waals surface area contributed by atoms with Crippen molar-refractivity contribution in [3.63, 3.8) is 0 Å². The summed E-state index contributed by atoms with van der Waals surface area (Å²) in [5, 5.41) is 16.7. The summed E-state index contributed by atoms with van der Waals surface area (Å²) in [5.74, 6) is 0. The second-order valence-corrected chi connectivity index (χ2v) is 5.82. The highest BCUT2D eigenvalue weighted by atomic mass is 16.3. The quantitative estimate of drug-likeness (QED) is 0.945. The molecule has 23 heavy (non-hydrogen) atoms. The predicted octanol–water partition coefficient (Wildman–Crippen LogP) is 3.35. The number of anilines is 2. The first-order chi connectivity index (χ1) is 11.1. The molecule has 1 aliphatic heterocycles. The monoisotopic (exact) mass is 307 g/mol. The number of aliphatic hydroxyl groups excluding tert-OH is 1. The maximum Gasteiger partial charge on any atom is 0.175 e. The lowest BCUT2D eigenvalue weighted by molar-refractivity contribution is 0.219. The van der Waals surface area contributed by atoms with Gasteiger partial charge in [-0.15, -0.1) is 0 Å². The second-order valence-electron chi connectivity index (χ2n) is 5.82. The van der Waals surface area contributed by atoms with E-state index >= 15 is 0 Å². The average Bonchev–Trinajstić information content (AvgIpc) is 2.84. The zero-order chi connectivity index (χ0) is 16.4. The van der Waals surface area contributed by atoms with Gasteiger partial charge in [0.15, 0.2) is 6.23 Å². The number of benzene rings is 2. The number of aliphatic hydroxyl groups is 1. The molecule has 4 heteroatoms. The Bertz CT molecular complexity index is 733. The van der Waals surface area contributed by atoms with Gasteiger partial charge in [0.2, 0.25) is 0 Å². The summed E-state index contributed by atoms with van der Waals surface area (Å²) in [6.45, 7) is 1.92. The molecule has 1 heterocycles. The molecule has 2 aromatic carbocycles. The molecule has 0 radical (unpaired) electrons. The van der Waals surface area contributed by atoms with Crippen LogP contribution >= 0.6 is 0 Å². The standard InChI is InChI=1S/C19H21N3O/c1-14-18(13-15-9-11-16(12-10-15)21(2)3)19(23)22(20-14)17-7-5-4-6-8-17/h4-13,19,23H,1-3H3. The van der Waals surface area contributed by atoms with Crippen molar-refractivity contribution in [3.05, 3.63) is 65.7 Å². The number of rotatable bonds is 3. The fourth-order valence-electron chi connectivity index (χ4n) is 2.60.